The van der Waals surface area contributed by atoms with Crippen LogP contribution in [0.1, 0.15) is 40.0 Å². The monoisotopic (exact) mass is 282 g/mol. The number of hydrogen-bond acceptors (Lipinski definition) is 5. The molecule has 3 rings (SSSR count). The van der Waals surface area contributed by atoms with Crippen molar-refractivity contribution in [3.05, 3.63) is 12.2 Å². The summed E-state index contributed by atoms with van der Waals surface area (Å²) in [4.78, 5) is 23.2. The normalized spacial score (nSPS) is 49.9. The molecule has 2 aliphatic carbocycles. The summed E-state index contributed by atoms with van der Waals surface area (Å²) < 4.78 is 0. The van der Waals surface area contributed by atoms with Crippen molar-refractivity contribution in [2.45, 2.75) is 57.3 Å². The Morgan fingerprint density at radius 1 is 1.35 bits per heavy atom. The van der Waals surface area contributed by atoms with Gasteiger partial charge in [-0.2, -0.15) is 0 Å². The summed E-state index contributed by atoms with van der Waals surface area (Å²) in [6.45, 7) is 5.59. The summed E-state index contributed by atoms with van der Waals surface area (Å²) in [6.07, 6.45) is 4.42. The highest BCUT2D eigenvalue weighted by Gasteiger charge is 2.69. The molecule has 1 saturated heterocycles. The highest BCUT2D eigenvalue weighted by atomic mass is 17.2. The minimum absolute atomic E-state index is 0.0929. The second-order valence-electron chi connectivity index (χ2n) is 7.17. The van der Waals surface area contributed by atoms with E-state index in [2.05, 4.69) is 13.8 Å². The summed E-state index contributed by atoms with van der Waals surface area (Å²) in [5.74, 6) is -0.0929. The Hall–Kier alpha value is -0.750. The molecule has 1 spiro atoms. The number of carbonyl (C=O) groups excluding carboxylic acids is 1. The molecule has 0 radical (unpaired) electrons. The van der Waals surface area contributed by atoms with E-state index in [0.717, 1.165) is 0 Å². The first-order valence-electron chi connectivity index (χ1n) is 7.12. The second kappa shape index (κ2) is 3.91. The summed E-state index contributed by atoms with van der Waals surface area (Å²) in [5, 5.41) is 19.9. The molecule has 1 saturated carbocycles. The van der Waals surface area contributed by atoms with E-state index >= 15 is 0 Å². The topological polar surface area (TPSA) is 76.0 Å². The van der Waals surface area contributed by atoms with Gasteiger partial charge in [-0.05, 0) is 37.7 Å². The fraction of sp³-hybridized carbons (Fsp3) is 0.800. The van der Waals surface area contributed by atoms with Gasteiger partial charge in [0, 0.05) is 5.41 Å². The molecule has 0 aromatic carbocycles. The molecule has 20 heavy (non-hydrogen) atoms. The third-order valence-electron chi connectivity index (χ3n) is 5.99. The molecule has 4 atom stereocenters. The highest BCUT2D eigenvalue weighted by molar-refractivity contribution is 5.99. The molecule has 0 amide bonds. The van der Waals surface area contributed by atoms with Crippen molar-refractivity contribution in [3.8, 4) is 0 Å². The number of aliphatic hydroxyl groups is 2. The number of hydrogen-bond donors (Lipinski definition) is 2. The Bertz CT molecular complexity index is 485. The van der Waals surface area contributed by atoms with Crippen molar-refractivity contribution in [2.75, 3.05) is 6.61 Å². The zero-order chi connectivity index (χ0) is 14.8. The molecule has 0 aromatic heterocycles. The maximum absolute atomic E-state index is 12.4. The Labute approximate surface area is 118 Å². The first-order valence-corrected chi connectivity index (χ1v) is 7.12. The van der Waals surface area contributed by atoms with Crippen LogP contribution in [0.15, 0.2) is 12.2 Å². The third kappa shape index (κ3) is 1.44. The van der Waals surface area contributed by atoms with Crippen molar-refractivity contribution >= 4 is 5.78 Å². The van der Waals surface area contributed by atoms with Gasteiger partial charge >= 0.3 is 0 Å². The number of ketones is 1. The third-order valence-corrected chi connectivity index (χ3v) is 5.99. The molecule has 2 fully saturated rings. The average Bonchev–Trinajstić information content (AvgIpc) is 2.42. The van der Waals surface area contributed by atoms with Crippen LogP contribution in [0.3, 0.4) is 0 Å². The standard InChI is InChI=1S/C15H22O5/c1-12(2)5-4-10(17)13(3)15(12)7-6-14(18,9-16)11(8-15)19-20-13/h4-5,11,16,18H,6-9H2,1-3H3/t11-,13-,14+,15-/m1/s1. The average molecular weight is 282 g/mol. The second-order valence-corrected chi connectivity index (χ2v) is 7.17. The van der Waals surface area contributed by atoms with E-state index in [1.54, 1.807) is 13.0 Å². The molecule has 3 aliphatic rings. The summed E-state index contributed by atoms with van der Waals surface area (Å²) >= 11 is 0. The van der Waals surface area contributed by atoms with E-state index in [1.807, 2.05) is 6.08 Å². The van der Waals surface area contributed by atoms with Crippen molar-refractivity contribution in [1.82, 2.24) is 0 Å². The summed E-state index contributed by atoms with van der Waals surface area (Å²) in [7, 11) is 0. The molecule has 1 heterocycles. The lowest BCUT2D eigenvalue weighted by atomic mass is 9.46. The maximum atomic E-state index is 12.4. The summed E-state index contributed by atoms with van der Waals surface area (Å²) in [6, 6.07) is 0. The van der Waals surface area contributed by atoms with Crippen molar-refractivity contribution in [2.24, 2.45) is 10.8 Å². The fourth-order valence-corrected chi connectivity index (χ4v) is 4.25. The van der Waals surface area contributed by atoms with Crippen LogP contribution in [-0.2, 0) is 14.6 Å². The van der Waals surface area contributed by atoms with E-state index in [9.17, 15) is 15.0 Å². The number of carbonyl (C=O) groups is 1. The Kier molecular flexibility index (Phi) is 2.78. The number of rotatable bonds is 1. The molecule has 2 bridgehead atoms. The van der Waals surface area contributed by atoms with E-state index in [0.29, 0.717) is 19.3 Å². The number of fused-ring (bicyclic) bond motifs is 1. The maximum Gasteiger partial charge on any atom is 0.190 e. The molecular formula is C15H22O5. The van der Waals surface area contributed by atoms with Crippen LogP contribution in [0.25, 0.3) is 0 Å². The molecule has 0 unspecified atom stereocenters. The molecular weight excluding hydrogens is 260 g/mol. The minimum atomic E-state index is -1.28. The van der Waals surface area contributed by atoms with Gasteiger partial charge in [0.2, 0.25) is 0 Å². The van der Waals surface area contributed by atoms with Crippen LogP contribution in [0.4, 0.5) is 0 Å². The lowest BCUT2D eigenvalue weighted by molar-refractivity contribution is -0.463. The molecule has 5 heteroatoms. The van der Waals surface area contributed by atoms with Crippen molar-refractivity contribution in [1.29, 1.82) is 0 Å². The predicted molar refractivity (Wildman–Crippen MR) is 70.6 cm³/mol. The molecule has 2 N–H and O–H groups in total. The predicted octanol–water partition coefficient (Wildman–Crippen LogP) is 1.13. The van der Waals surface area contributed by atoms with Gasteiger partial charge in [-0.25, -0.2) is 9.78 Å². The van der Waals surface area contributed by atoms with Crippen LogP contribution in [0.5, 0.6) is 0 Å². The quantitative estimate of drug-likeness (QED) is 0.705. The van der Waals surface area contributed by atoms with Crippen LogP contribution in [-0.4, -0.2) is 39.9 Å². The molecule has 0 aromatic rings. The van der Waals surface area contributed by atoms with E-state index in [-0.39, 0.29) is 17.8 Å². The lowest BCUT2D eigenvalue weighted by Gasteiger charge is -2.63. The number of aliphatic hydroxyl groups excluding tert-OH is 1. The van der Waals surface area contributed by atoms with Gasteiger partial charge in [0.25, 0.3) is 0 Å². The number of allylic oxidation sites excluding steroid dienone is 1. The first-order chi connectivity index (χ1) is 9.21. The van der Waals surface area contributed by atoms with Gasteiger partial charge in [0.05, 0.1) is 6.61 Å². The lowest BCUT2D eigenvalue weighted by Crippen LogP contribution is -2.71. The SMILES string of the molecule is CC1(C)C=CC(=O)[C@@]2(C)OO[C@@H]3C[C@]12CC[C@]3(O)CO. The smallest absolute Gasteiger partial charge is 0.190 e. The van der Waals surface area contributed by atoms with Gasteiger partial charge in [0.1, 0.15) is 11.7 Å². The minimum Gasteiger partial charge on any atom is -0.393 e. The molecule has 5 nitrogen and oxygen atoms in total. The molecule has 112 valence electrons. The summed E-state index contributed by atoms with van der Waals surface area (Å²) in [5.41, 5.74) is -2.98. The fourth-order valence-electron chi connectivity index (χ4n) is 4.25. The van der Waals surface area contributed by atoms with Gasteiger partial charge in [0.15, 0.2) is 11.4 Å². The zero-order valence-electron chi connectivity index (χ0n) is 12.2. The zero-order valence-corrected chi connectivity index (χ0v) is 12.2. The largest absolute Gasteiger partial charge is 0.393 e. The van der Waals surface area contributed by atoms with E-state index < -0.39 is 22.7 Å². The first kappa shape index (κ1) is 14.2. The van der Waals surface area contributed by atoms with Gasteiger partial charge in [-0.3, -0.25) is 4.79 Å². The highest BCUT2D eigenvalue weighted by Crippen LogP contribution is 2.64. The van der Waals surface area contributed by atoms with E-state index in [1.165, 1.54) is 0 Å². The van der Waals surface area contributed by atoms with Crippen LogP contribution < -0.4 is 0 Å². The van der Waals surface area contributed by atoms with Crippen LogP contribution in [0, 0.1) is 10.8 Å². The Morgan fingerprint density at radius 2 is 2.05 bits per heavy atom. The van der Waals surface area contributed by atoms with E-state index in [4.69, 9.17) is 9.78 Å². The Balaban J connectivity index is 2.10. The van der Waals surface area contributed by atoms with Gasteiger partial charge in [-0.15, -0.1) is 0 Å². The van der Waals surface area contributed by atoms with Crippen molar-refractivity contribution < 1.29 is 24.8 Å². The van der Waals surface area contributed by atoms with Gasteiger partial charge in [-0.1, -0.05) is 19.9 Å². The van der Waals surface area contributed by atoms with Crippen molar-refractivity contribution in [3.63, 3.8) is 0 Å². The van der Waals surface area contributed by atoms with Crippen LogP contribution >= 0.6 is 0 Å². The van der Waals surface area contributed by atoms with Crippen LogP contribution in [0.2, 0.25) is 0 Å². The Morgan fingerprint density at radius 3 is 2.70 bits per heavy atom. The molecule has 1 aliphatic heterocycles. The van der Waals surface area contributed by atoms with Gasteiger partial charge < -0.3 is 10.2 Å².